The Morgan fingerprint density at radius 3 is 2.42 bits per heavy atom. The van der Waals surface area contributed by atoms with Crippen LogP contribution >= 0.6 is 0 Å². The Morgan fingerprint density at radius 2 is 1.77 bits per heavy atom. The fraction of sp³-hybridized carbons (Fsp3) is 0.385. The fourth-order valence-corrected chi connectivity index (χ4v) is 4.73. The highest BCUT2D eigenvalue weighted by molar-refractivity contribution is 6.46. The molecule has 1 amide bonds. The number of Topliss-reactive ketones (excluding diaryl/α,β-unsaturated/α-hetero) is 1. The molecule has 2 aliphatic rings. The average molecular weight is 420 g/mol. The Hall–Kier alpha value is -3.08. The van der Waals surface area contributed by atoms with Crippen molar-refractivity contribution >= 4 is 17.4 Å². The highest BCUT2D eigenvalue weighted by atomic mass is 16.5. The lowest BCUT2D eigenvalue weighted by atomic mass is 9.93. The predicted octanol–water partition coefficient (Wildman–Crippen LogP) is 5.01. The van der Waals surface area contributed by atoms with Crippen molar-refractivity contribution in [2.75, 3.05) is 6.61 Å². The van der Waals surface area contributed by atoms with Gasteiger partial charge in [0.05, 0.1) is 18.2 Å². The summed E-state index contributed by atoms with van der Waals surface area (Å²) in [6, 6.07) is 14.5. The number of benzene rings is 2. The third-order valence-corrected chi connectivity index (χ3v) is 6.32. The molecule has 1 unspecified atom stereocenters. The molecule has 1 aliphatic heterocycles. The molecule has 2 fully saturated rings. The van der Waals surface area contributed by atoms with Gasteiger partial charge in [-0.3, -0.25) is 9.59 Å². The van der Waals surface area contributed by atoms with E-state index in [1.807, 2.05) is 31.2 Å². The molecule has 1 N–H and O–H groups in total. The SMILES string of the molecule is CCOc1cccc(/C(O)=C2/C(=O)C(=O)N(C3CCCC3)C2c2ccc(CC)cc2)c1. The molecule has 5 nitrogen and oxygen atoms in total. The quantitative estimate of drug-likeness (QED) is 0.406. The van der Waals surface area contributed by atoms with E-state index in [0.29, 0.717) is 17.9 Å². The first-order valence-corrected chi connectivity index (χ1v) is 11.2. The highest BCUT2D eigenvalue weighted by Crippen LogP contribution is 2.43. The van der Waals surface area contributed by atoms with Crippen LogP contribution in [0.15, 0.2) is 54.1 Å². The number of nitrogens with zero attached hydrogens (tertiary/aromatic N) is 1. The van der Waals surface area contributed by atoms with Crippen molar-refractivity contribution in [3.63, 3.8) is 0 Å². The molecule has 2 aromatic carbocycles. The molecular weight excluding hydrogens is 390 g/mol. The number of ether oxygens (including phenoxy) is 1. The number of hydrogen-bond acceptors (Lipinski definition) is 4. The van der Waals surface area contributed by atoms with Crippen LogP contribution in [-0.2, 0) is 16.0 Å². The maximum atomic E-state index is 13.2. The summed E-state index contributed by atoms with van der Waals surface area (Å²) < 4.78 is 5.55. The maximum absolute atomic E-state index is 13.2. The van der Waals surface area contributed by atoms with Crippen LogP contribution in [0.5, 0.6) is 5.75 Å². The van der Waals surface area contributed by atoms with Gasteiger partial charge in [0.1, 0.15) is 11.5 Å². The second-order valence-electron chi connectivity index (χ2n) is 8.20. The molecule has 1 saturated carbocycles. The largest absolute Gasteiger partial charge is 0.507 e. The van der Waals surface area contributed by atoms with Crippen LogP contribution in [0.1, 0.15) is 62.3 Å². The van der Waals surface area contributed by atoms with Crippen molar-refractivity contribution in [2.45, 2.75) is 58.0 Å². The van der Waals surface area contributed by atoms with Crippen molar-refractivity contribution in [1.82, 2.24) is 4.90 Å². The van der Waals surface area contributed by atoms with Crippen LogP contribution < -0.4 is 4.74 Å². The minimum Gasteiger partial charge on any atom is -0.507 e. The molecule has 1 atom stereocenters. The zero-order valence-corrected chi connectivity index (χ0v) is 18.1. The minimum absolute atomic E-state index is 0.0207. The summed E-state index contributed by atoms with van der Waals surface area (Å²) in [4.78, 5) is 28.0. The lowest BCUT2D eigenvalue weighted by Crippen LogP contribution is -2.37. The summed E-state index contributed by atoms with van der Waals surface area (Å²) in [5.74, 6) is -0.667. The molecule has 31 heavy (non-hydrogen) atoms. The van der Waals surface area contributed by atoms with Crippen LogP contribution in [0.25, 0.3) is 5.76 Å². The number of aliphatic hydroxyl groups excluding tert-OH is 1. The molecule has 5 heteroatoms. The lowest BCUT2D eigenvalue weighted by Gasteiger charge is -2.30. The first-order chi connectivity index (χ1) is 15.0. The first kappa shape index (κ1) is 21.2. The summed E-state index contributed by atoms with van der Waals surface area (Å²) in [7, 11) is 0. The molecular formula is C26H29NO4. The molecule has 1 saturated heterocycles. The molecule has 0 spiro atoms. The van der Waals surface area contributed by atoms with Gasteiger partial charge in [-0.2, -0.15) is 0 Å². The lowest BCUT2D eigenvalue weighted by molar-refractivity contribution is -0.141. The van der Waals surface area contributed by atoms with Gasteiger partial charge in [0.2, 0.25) is 0 Å². The topological polar surface area (TPSA) is 66.8 Å². The Morgan fingerprint density at radius 1 is 1.06 bits per heavy atom. The van der Waals surface area contributed by atoms with Gasteiger partial charge in [0.15, 0.2) is 0 Å². The van der Waals surface area contributed by atoms with Crippen LogP contribution in [0.3, 0.4) is 0 Å². The number of aliphatic hydroxyl groups is 1. The van der Waals surface area contributed by atoms with E-state index in [0.717, 1.165) is 37.7 Å². The van der Waals surface area contributed by atoms with Crippen molar-refractivity contribution in [1.29, 1.82) is 0 Å². The number of likely N-dealkylation sites (tertiary alicyclic amines) is 1. The smallest absolute Gasteiger partial charge is 0.295 e. The van der Waals surface area contributed by atoms with Gasteiger partial charge >= 0.3 is 0 Å². The van der Waals surface area contributed by atoms with E-state index in [1.54, 1.807) is 29.2 Å². The van der Waals surface area contributed by atoms with Crippen molar-refractivity contribution in [2.24, 2.45) is 0 Å². The van der Waals surface area contributed by atoms with Gasteiger partial charge in [-0.1, -0.05) is 56.2 Å². The number of rotatable bonds is 6. The molecule has 2 aromatic rings. The van der Waals surface area contributed by atoms with Gasteiger partial charge in [-0.15, -0.1) is 0 Å². The summed E-state index contributed by atoms with van der Waals surface area (Å²) in [5.41, 5.74) is 2.68. The van der Waals surface area contributed by atoms with Crippen LogP contribution in [0.4, 0.5) is 0 Å². The van der Waals surface area contributed by atoms with E-state index >= 15 is 0 Å². The molecule has 0 bridgehead atoms. The number of ketones is 1. The normalized spacial score (nSPS) is 21.1. The van der Waals surface area contributed by atoms with Crippen molar-refractivity contribution < 1.29 is 19.4 Å². The Balaban J connectivity index is 1.84. The van der Waals surface area contributed by atoms with Gasteiger partial charge < -0.3 is 14.7 Å². The minimum atomic E-state index is -0.615. The Labute approximate surface area is 183 Å². The second kappa shape index (κ2) is 8.96. The van der Waals surface area contributed by atoms with Gasteiger partial charge in [-0.25, -0.2) is 0 Å². The van der Waals surface area contributed by atoms with Gasteiger partial charge in [0.25, 0.3) is 11.7 Å². The van der Waals surface area contributed by atoms with E-state index in [1.165, 1.54) is 5.56 Å². The molecule has 1 aliphatic carbocycles. The van der Waals surface area contributed by atoms with E-state index in [4.69, 9.17) is 4.74 Å². The van der Waals surface area contributed by atoms with E-state index in [9.17, 15) is 14.7 Å². The molecule has 0 aromatic heterocycles. The van der Waals surface area contributed by atoms with E-state index in [-0.39, 0.29) is 17.4 Å². The second-order valence-corrected chi connectivity index (χ2v) is 8.20. The maximum Gasteiger partial charge on any atom is 0.295 e. The Kier molecular flexibility index (Phi) is 6.12. The monoisotopic (exact) mass is 419 g/mol. The predicted molar refractivity (Wildman–Crippen MR) is 120 cm³/mol. The summed E-state index contributed by atoms with van der Waals surface area (Å²) in [6.07, 6.45) is 4.78. The number of aryl methyl sites for hydroxylation is 1. The van der Waals surface area contributed by atoms with E-state index in [2.05, 4.69) is 6.92 Å². The standard InChI is InChI=1S/C26H29NO4/c1-3-17-12-14-18(15-13-17)23-22(24(28)19-8-7-11-21(16-19)31-4-2)25(29)26(30)27(23)20-9-5-6-10-20/h7-8,11-16,20,23,28H,3-6,9-10H2,1-2H3/b24-22-. The Bertz CT molecular complexity index is 1000. The van der Waals surface area contributed by atoms with Crippen LogP contribution in [0, 0.1) is 0 Å². The summed E-state index contributed by atoms with van der Waals surface area (Å²) in [5, 5.41) is 11.2. The summed E-state index contributed by atoms with van der Waals surface area (Å²) >= 11 is 0. The number of hydrogen-bond donors (Lipinski definition) is 1. The number of carbonyl (C=O) groups excluding carboxylic acids is 2. The van der Waals surface area contributed by atoms with E-state index < -0.39 is 17.7 Å². The van der Waals surface area contributed by atoms with Crippen LogP contribution in [-0.4, -0.2) is 34.3 Å². The molecule has 1 heterocycles. The third-order valence-electron chi connectivity index (χ3n) is 6.32. The van der Waals surface area contributed by atoms with Gasteiger partial charge in [-0.05, 0) is 49.4 Å². The summed E-state index contributed by atoms with van der Waals surface area (Å²) in [6.45, 7) is 4.48. The molecule has 162 valence electrons. The average Bonchev–Trinajstić information content (AvgIpc) is 3.41. The number of amides is 1. The number of carbonyl (C=O) groups is 2. The van der Waals surface area contributed by atoms with Crippen molar-refractivity contribution in [3.8, 4) is 5.75 Å². The highest BCUT2D eigenvalue weighted by Gasteiger charge is 2.49. The molecule has 4 rings (SSSR count). The zero-order valence-electron chi connectivity index (χ0n) is 18.1. The van der Waals surface area contributed by atoms with Crippen LogP contribution in [0.2, 0.25) is 0 Å². The van der Waals surface area contributed by atoms with Crippen molar-refractivity contribution in [3.05, 3.63) is 70.8 Å². The van der Waals surface area contributed by atoms with Gasteiger partial charge in [0, 0.05) is 11.6 Å². The first-order valence-electron chi connectivity index (χ1n) is 11.2. The fourth-order valence-electron chi connectivity index (χ4n) is 4.73. The zero-order chi connectivity index (χ0) is 22.0. The molecule has 0 radical (unpaired) electrons. The third kappa shape index (κ3) is 3.97.